The highest BCUT2D eigenvalue weighted by Gasteiger charge is 2.33. The van der Waals surface area contributed by atoms with Crippen molar-refractivity contribution in [3.05, 3.63) is 11.3 Å². The van der Waals surface area contributed by atoms with E-state index in [1.807, 2.05) is 6.07 Å². The fourth-order valence-corrected chi connectivity index (χ4v) is 3.37. The number of aryl methyl sites for hydroxylation is 1. The van der Waals surface area contributed by atoms with E-state index < -0.39 is 26.9 Å². The number of aromatic carboxylic acids is 1. The van der Waals surface area contributed by atoms with Crippen molar-refractivity contribution >= 4 is 16.0 Å². The van der Waals surface area contributed by atoms with E-state index in [1.165, 1.54) is 6.92 Å². The summed E-state index contributed by atoms with van der Waals surface area (Å²) in [5, 5.41) is 23.3. The van der Waals surface area contributed by atoms with Gasteiger partial charge in [-0.1, -0.05) is 6.92 Å². The first-order valence-electron chi connectivity index (χ1n) is 5.93. The largest absolute Gasteiger partial charge is 0.478 e. The average Bonchev–Trinajstić information content (AvgIpc) is 2.77. The van der Waals surface area contributed by atoms with Crippen LogP contribution in [0.25, 0.3) is 0 Å². The number of carboxylic acid groups (broad SMARTS) is 1. The van der Waals surface area contributed by atoms with E-state index >= 15 is 0 Å². The number of sulfonamides is 1. The van der Waals surface area contributed by atoms with Crippen LogP contribution in [0.1, 0.15) is 29.9 Å². The lowest BCUT2D eigenvalue weighted by atomic mass is 10.2. The van der Waals surface area contributed by atoms with Crippen molar-refractivity contribution in [2.24, 2.45) is 5.92 Å². The van der Waals surface area contributed by atoms with E-state index in [-0.39, 0.29) is 24.3 Å². The number of hydrogen-bond acceptors (Lipinski definition) is 5. The smallest absolute Gasteiger partial charge is 0.340 e. The van der Waals surface area contributed by atoms with Gasteiger partial charge in [-0.2, -0.15) is 14.7 Å². The molecule has 8 nitrogen and oxygen atoms in total. The maximum absolute atomic E-state index is 12.4. The van der Waals surface area contributed by atoms with Crippen LogP contribution in [0.3, 0.4) is 0 Å². The average molecular weight is 300 g/mol. The molecular weight excluding hydrogens is 284 g/mol. The van der Waals surface area contributed by atoms with Gasteiger partial charge in [0, 0.05) is 18.8 Å². The minimum atomic E-state index is -4.05. The molecule has 1 atom stereocenters. The van der Waals surface area contributed by atoms with Crippen molar-refractivity contribution < 1.29 is 18.3 Å². The minimum Gasteiger partial charge on any atom is -0.478 e. The summed E-state index contributed by atoms with van der Waals surface area (Å²) in [5.74, 6) is -1.86. The number of aromatic nitrogens is 2. The van der Waals surface area contributed by atoms with Gasteiger partial charge in [-0.25, -0.2) is 13.2 Å². The van der Waals surface area contributed by atoms with Gasteiger partial charge in [-0.3, -0.25) is 5.10 Å². The molecule has 0 fully saturated rings. The molecule has 1 unspecified atom stereocenters. The van der Waals surface area contributed by atoms with Gasteiger partial charge in [0.05, 0.1) is 12.0 Å². The molecule has 0 saturated heterocycles. The molecule has 1 aromatic heterocycles. The Hall–Kier alpha value is -1.92. The SMILES string of the molecule is CCN(CC(C)C#N)S(=O)(=O)c1n[nH]c(C)c1C(=O)O. The summed E-state index contributed by atoms with van der Waals surface area (Å²) in [6.07, 6.45) is 0. The molecule has 110 valence electrons. The first-order valence-corrected chi connectivity index (χ1v) is 7.37. The van der Waals surface area contributed by atoms with Gasteiger partial charge in [0.1, 0.15) is 5.56 Å². The summed E-state index contributed by atoms with van der Waals surface area (Å²) in [6.45, 7) is 4.75. The number of rotatable bonds is 6. The van der Waals surface area contributed by atoms with Crippen LogP contribution in [0.4, 0.5) is 0 Å². The molecule has 0 bridgehead atoms. The third-order valence-corrected chi connectivity index (χ3v) is 4.63. The second kappa shape index (κ2) is 6.02. The van der Waals surface area contributed by atoms with Gasteiger partial charge in [0.15, 0.2) is 0 Å². The maximum atomic E-state index is 12.4. The van der Waals surface area contributed by atoms with Crippen molar-refractivity contribution in [1.82, 2.24) is 14.5 Å². The molecule has 0 aliphatic rings. The standard InChI is InChI=1S/C11H16N4O4S/c1-4-15(6-7(2)5-12)20(18,19)10-9(11(16)17)8(3)13-14-10/h7H,4,6H2,1-3H3,(H,13,14)(H,16,17). The molecule has 0 aliphatic heterocycles. The van der Waals surface area contributed by atoms with Crippen molar-refractivity contribution in [3.63, 3.8) is 0 Å². The molecule has 1 rings (SSSR count). The Labute approximate surface area is 117 Å². The Morgan fingerprint density at radius 3 is 2.65 bits per heavy atom. The summed E-state index contributed by atoms with van der Waals surface area (Å²) in [4.78, 5) is 11.1. The normalized spacial score (nSPS) is 13.2. The Kier molecular flexibility index (Phi) is 4.86. The van der Waals surface area contributed by atoms with Gasteiger partial charge in [-0.15, -0.1) is 0 Å². The third kappa shape index (κ3) is 2.97. The van der Waals surface area contributed by atoms with E-state index in [0.717, 1.165) is 4.31 Å². The van der Waals surface area contributed by atoms with Crippen molar-refractivity contribution in [1.29, 1.82) is 5.26 Å². The Morgan fingerprint density at radius 2 is 2.20 bits per heavy atom. The fraction of sp³-hybridized carbons (Fsp3) is 0.545. The lowest BCUT2D eigenvalue weighted by Gasteiger charge is -2.20. The zero-order valence-corrected chi connectivity index (χ0v) is 12.2. The van der Waals surface area contributed by atoms with Crippen LogP contribution in [-0.4, -0.2) is 47.1 Å². The fourth-order valence-electron chi connectivity index (χ4n) is 1.71. The van der Waals surface area contributed by atoms with Crippen molar-refractivity contribution in [2.75, 3.05) is 13.1 Å². The molecular formula is C11H16N4O4S. The van der Waals surface area contributed by atoms with Crippen LogP contribution in [0, 0.1) is 24.2 Å². The molecule has 0 saturated carbocycles. The predicted molar refractivity (Wildman–Crippen MR) is 69.5 cm³/mol. The van der Waals surface area contributed by atoms with Crippen LogP contribution in [0.5, 0.6) is 0 Å². The Balaban J connectivity index is 3.29. The zero-order chi connectivity index (χ0) is 15.5. The first-order chi connectivity index (χ1) is 9.25. The summed E-state index contributed by atoms with van der Waals surface area (Å²) in [7, 11) is -4.05. The van der Waals surface area contributed by atoms with Gasteiger partial charge in [-0.05, 0) is 13.8 Å². The van der Waals surface area contributed by atoms with Crippen LogP contribution in [0.2, 0.25) is 0 Å². The van der Waals surface area contributed by atoms with E-state index in [0.29, 0.717) is 0 Å². The molecule has 1 aromatic rings. The molecule has 1 heterocycles. The van der Waals surface area contributed by atoms with Crippen molar-refractivity contribution in [2.45, 2.75) is 25.8 Å². The second-order valence-electron chi connectivity index (χ2n) is 4.32. The number of nitrogens with one attached hydrogen (secondary N) is 1. The quantitative estimate of drug-likeness (QED) is 0.791. The lowest BCUT2D eigenvalue weighted by Crippen LogP contribution is -2.35. The topological polar surface area (TPSA) is 127 Å². The van der Waals surface area contributed by atoms with Gasteiger partial charge >= 0.3 is 5.97 Å². The molecule has 0 amide bonds. The third-order valence-electron chi connectivity index (χ3n) is 2.76. The second-order valence-corrected chi connectivity index (χ2v) is 6.17. The highest BCUT2D eigenvalue weighted by Crippen LogP contribution is 2.21. The summed E-state index contributed by atoms with van der Waals surface area (Å²) >= 11 is 0. The van der Waals surface area contributed by atoms with Crippen LogP contribution >= 0.6 is 0 Å². The molecule has 0 aliphatic carbocycles. The van der Waals surface area contributed by atoms with E-state index in [1.54, 1.807) is 13.8 Å². The van der Waals surface area contributed by atoms with Gasteiger partial charge in [0.25, 0.3) is 10.0 Å². The van der Waals surface area contributed by atoms with Gasteiger partial charge < -0.3 is 5.11 Å². The molecule has 2 N–H and O–H groups in total. The van der Waals surface area contributed by atoms with E-state index in [2.05, 4.69) is 10.2 Å². The monoisotopic (exact) mass is 300 g/mol. The molecule has 0 spiro atoms. The highest BCUT2D eigenvalue weighted by atomic mass is 32.2. The maximum Gasteiger partial charge on any atom is 0.340 e. The highest BCUT2D eigenvalue weighted by molar-refractivity contribution is 7.89. The van der Waals surface area contributed by atoms with Crippen LogP contribution in [-0.2, 0) is 10.0 Å². The summed E-state index contributed by atoms with van der Waals surface area (Å²) in [6, 6.07) is 1.95. The summed E-state index contributed by atoms with van der Waals surface area (Å²) in [5.41, 5.74) is -0.200. The number of aromatic amines is 1. The zero-order valence-electron chi connectivity index (χ0n) is 11.4. The summed E-state index contributed by atoms with van der Waals surface area (Å²) < 4.78 is 25.9. The Morgan fingerprint density at radius 1 is 1.60 bits per heavy atom. The number of carbonyl (C=O) groups is 1. The lowest BCUT2D eigenvalue weighted by molar-refractivity contribution is 0.0691. The first kappa shape index (κ1) is 16.1. The van der Waals surface area contributed by atoms with Gasteiger partial charge in [0.2, 0.25) is 5.03 Å². The number of carboxylic acids is 1. The van der Waals surface area contributed by atoms with Crippen molar-refractivity contribution in [3.8, 4) is 6.07 Å². The molecule has 0 aromatic carbocycles. The van der Waals surface area contributed by atoms with Crippen LogP contribution in [0.15, 0.2) is 5.03 Å². The van der Waals surface area contributed by atoms with Crippen LogP contribution < -0.4 is 0 Å². The number of H-pyrrole nitrogens is 1. The molecule has 20 heavy (non-hydrogen) atoms. The predicted octanol–water partition coefficient (Wildman–Crippen LogP) is 0.587. The van der Waals surface area contributed by atoms with E-state index in [9.17, 15) is 13.2 Å². The number of hydrogen-bond donors (Lipinski definition) is 2. The minimum absolute atomic E-state index is 0.0136. The Bertz CT molecular complexity index is 644. The number of nitriles is 1. The van der Waals surface area contributed by atoms with E-state index in [4.69, 9.17) is 10.4 Å². The molecule has 9 heteroatoms. The number of nitrogens with zero attached hydrogens (tertiary/aromatic N) is 3. The molecule has 0 radical (unpaired) electrons.